The molecule has 4 heteroatoms. The molecule has 4 nitrogen and oxygen atoms in total. The number of hydrogen-bond acceptors (Lipinski definition) is 4. The molecule has 1 aliphatic heterocycles. The molecule has 0 aromatic heterocycles. The summed E-state index contributed by atoms with van der Waals surface area (Å²) in [5, 5.41) is 17.1. The summed E-state index contributed by atoms with van der Waals surface area (Å²) in [6.45, 7) is 6.59. The second-order valence-corrected chi connectivity index (χ2v) is 6.05. The predicted molar refractivity (Wildman–Crippen MR) is 72.3 cm³/mol. The first-order valence-corrected chi connectivity index (χ1v) is 6.73. The van der Waals surface area contributed by atoms with Gasteiger partial charge >= 0.3 is 0 Å². The fraction of sp³-hybridized carbons (Fsp3) is 1.00. The maximum absolute atomic E-state index is 10.2. The van der Waals surface area contributed by atoms with Gasteiger partial charge in [0.1, 0.15) is 0 Å². The van der Waals surface area contributed by atoms with Gasteiger partial charge in [0.15, 0.2) is 0 Å². The maximum Gasteiger partial charge on any atom is 0.0869 e. The third-order valence-electron chi connectivity index (χ3n) is 3.29. The van der Waals surface area contributed by atoms with Crippen LogP contribution in [0.2, 0.25) is 0 Å². The average molecular weight is 243 g/mol. The van der Waals surface area contributed by atoms with Gasteiger partial charge in [-0.05, 0) is 53.8 Å². The van der Waals surface area contributed by atoms with Crippen molar-refractivity contribution in [1.29, 1.82) is 0 Å². The van der Waals surface area contributed by atoms with Gasteiger partial charge in [-0.25, -0.2) is 0 Å². The van der Waals surface area contributed by atoms with Crippen LogP contribution in [0.4, 0.5) is 0 Å². The first-order chi connectivity index (χ1) is 7.89. The van der Waals surface area contributed by atoms with Gasteiger partial charge in [0.25, 0.3) is 0 Å². The lowest BCUT2D eigenvalue weighted by atomic mass is 10.0. The second kappa shape index (κ2) is 6.69. The smallest absolute Gasteiger partial charge is 0.0869 e. The molecule has 1 saturated heterocycles. The molecule has 0 aromatic carbocycles. The largest absolute Gasteiger partial charge is 0.388 e. The van der Waals surface area contributed by atoms with E-state index in [0.717, 1.165) is 13.0 Å². The zero-order valence-corrected chi connectivity index (χ0v) is 11.8. The third kappa shape index (κ3) is 6.36. The molecule has 3 atom stereocenters. The Hall–Kier alpha value is -0.160. The topological polar surface area (TPSA) is 47.5 Å². The number of rotatable bonds is 7. The molecule has 0 aliphatic carbocycles. The average Bonchev–Trinajstić information content (AvgIpc) is 2.65. The van der Waals surface area contributed by atoms with Crippen molar-refractivity contribution in [2.75, 3.05) is 33.7 Å². The van der Waals surface area contributed by atoms with Gasteiger partial charge < -0.3 is 20.6 Å². The van der Waals surface area contributed by atoms with E-state index in [9.17, 15) is 5.11 Å². The molecular weight excluding hydrogens is 214 g/mol. The molecule has 3 unspecified atom stereocenters. The molecule has 0 amide bonds. The predicted octanol–water partition coefficient (Wildman–Crippen LogP) is 0.419. The number of likely N-dealkylation sites (N-methyl/N-ethyl adjacent to an activating group) is 1. The van der Waals surface area contributed by atoms with Crippen molar-refractivity contribution < 1.29 is 5.11 Å². The molecule has 1 fully saturated rings. The lowest BCUT2D eigenvalue weighted by Crippen LogP contribution is -2.48. The minimum atomic E-state index is -0.652. The van der Waals surface area contributed by atoms with E-state index in [-0.39, 0.29) is 0 Å². The monoisotopic (exact) mass is 243 g/mol. The van der Waals surface area contributed by atoms with Gasteiger partial charge in [-0.3, -0.25) is 0 Å². The molecule has 1 heterocycles. The van der Waals surface area contributed by atoms with E-state index < -0.39 is 5.60 Å². The summed E-state index contributed by atoms with van der Waals surface area (Å²) in [7, 11) is 3.97. The van der Waals surface area contributed by atoms with Crippen molar-refractivity contribution in [2.45, 2.75) is 50.8 Å². The number of nitrogens with zero attached hydrogens (tertiary/aromatic N) is 1. The van der Waals surface area contributed by atoms with Crippen LogP contribution in [-0.4, -0.2) is 61.4 Å². The maximum atomic E-state index is 10.2. The van der Waals surface area contributed by atoms with Gasteiger partial charge in [-0.2, -0.15) is 0 Å². The molecule has 1 aliphatic rings. The van der Waals surface area contributed by atoms with Crippen molar-refractivity contribution in [1.82, 2.24) is 15.5 Å². The van der Waals surface area contributed by atoms with E-state index >= 15 is 0 Å². The van der Waals surface area contributed by atoms with Crippen LogP contribution in [-0.2, 0) is 0 Å². The highest BCUT2D eigenvalue weighted by Gasteiger charge is 2.23. The Morgan fingerprint density at radius 1 is 1.53 bits per heavy atom. The number of nitrogens with one attached hydrogen (secondary N) is 2. The summed E-state index contributed by atoms with van der Waals surface area (Å²) in [6, 6.07) is 1.12. The first-order valence-electron chi connectivity index (χ1n) is 6.73. The quantitative estimate of drug-likeness (QED) is 0.606. The summed E-state index contributed by atoms with van der Waals surface area (Å²) >= 11 is 0. The number of aliphatic hydroxyl groups is 1. The fourth-order valence-corrected chi connectivity index (χ4v) is 2.60. The SMILES string of the molecule is CC(CC1CCCN1)NCC(C)(O)CN(C)C. The Bertz CT molecular complexity index is 213. The molecule has 0 aromatic rings. The summed E-state index contributed by atoms with van der Waals surface area (Å²) in [5.74, 6) is 0. The van der Waals surface area contributed by atoms with E-state index in [0.29, 0.717) is 25.2 Å². The van der Waals surface area contributed by atoms with E-state index in [1.807, 2.05) is 25.9 Å². The Morgan fingerprint density at radius 3 is 2.76 bits per heavy atom. The molecule has 1 rings (SSSR count). The van der Waals surface area contributed by atoms with Crippen LogP contribution in [0.3, 0.4) is 0 Å². The fourth-order valence-electron chi connectivity index (χ4n) is 2.60. The van der Waals surface area contributed by atoms with Gasteiger partial charge in [-0.1, -0.05) is 0 Å². The highest BCUT2D eigenvalue weighted by Crippen LogP contribution is 2.11. The van der Waals surface area contributed by atoms with Gasteiger partial charge in [-0.15, -0.1) is 0 Å². The minimum Gasteiger partial charge on any atom is -0.388 e. The zero-order valence-electron chi connectivity index (χ0n) is 11.8. The van der Waals surface area contributed by atoms with Crippen molar-refractivity contribution in [3.63, 3.8) is 0 Å². The summed E-state index contributed by atoms with van der Waals surface area (Å²) < 4.78 is 0. The molecule has 102 valence electrons. The van der Waals surface area contributed by atoms with Crippen molar-refractivity contribution in [2.24, 2.45) is 0 Å². The standard InChI is InChI=1S/C13H29N3O/c1-11(8-12-6-5-7-14-12)15-9-13(2,17)10-16(3)4/h11-12,14-15,17H,5-10H2,1-4H3. The normalized spacial score (nSPS) is 26.1. The van der Waals surface area contributed by atoms with Crippen LogP contribution < -0.4 is 10.6 Å². The van der Waals surface area contributed by atoms with E-state index in [4.69, 9.17) is 0 Å². The van der Waals surface area contributed by atoms with Crippen LogP contribution in [0.5, 0.6) is 0 Å². The summed E-state index contributed by atoms with van der Waals surface area (Å²) in [6.07, 6.45) is 3.74. The molecule has 0 saturated carbocycles. The summed E-state index contributed by atoms with van der Waals surface area (Å²) in [4.78, 5) is 2.02. The highest BCUT2D eigenvalue weighted by atomic mass is 16.3. The Balaban J connectivity index is 2.19. The van der Waals surface area contributed by atoms with Crippen LogP contribution in [0.25, 0.3) is 0 Å². The molecule has 0 spiro atoms. The molecule has 0 radical (unpaired) electrons. The lowest BCUT2D eigenvalue weighted by molar-refractivity contribution is 0.0313. The van der Waals surface area contributed by atoms with Crippen LogP contribution in [0.15, 0.2) is 0 Å². The Labute approximate surface area is 106 Å². The Morgan fingerprint density at radius 2 is 2.24 bits per heavy atom. The minimum absolute atomic E-state index is 0.458. The van der Waals surface area contributed by atoms with Crippen LogP contribution in [0, 0.1) is 0 Å². The van der Waals surface area contributed by atoms with E-state index in [1.54, 1.807) is 0 Å². The van der Waals surface area contributed by atoms with Crippen LogP contribution in [0.1, 0.15) is 33.1 Å². The third-order valence-corrected chi connectivity index (χ3v) is 3.29. The highest BCUT2D eigenvalue weighted by molar-refractivity contribution is 4.83. The van der Waals surface area contributed by atoms with Crippen molar-refractivity contribution in [3.05, 3.63) is 0 Å². The molecule has 0 bridgehead atoms. The summed E-state index contributed by atoms with van der Waals surface area (Å²) in [5.41, 5.74) is -0.652. The van der Waals surface area contributed by atoms with Crippen LogP contribution >= 0.6 is 0 Å². The second-order valence-electron chi connectivity index (χ2n) is 6.05. The van der Waals surface area contributed by atoms with E-state index in [1.165, 1.54) is 12.8 Å². The van der Waals surface area contributed by atoms with Gasteiger partial charge in [0, 0.05) is 25.2 Å². The molecule has 3 N–H and O–H groups in total. The van der Waals surface area contributed by atoms with Gasteiger partial charge in [0.05, 0.1) is 5.60 Å². The Kier molecular flexibility index (Phi) is 5.86. The first kappa shape index (κ1) is 14.9. The molecule has 17 heavy (non-hydrogen) atoms. The lowest BCUT2D eigenvalue weighted by Gasteiger charge is -2.29. The number of hydrogen-bond donors (Lipinski definition) is 3. The van der Waals surface area contributed by atoms with E-state index in [2.05, 4.69) is 17.6 Å². The molecular formula is C13H29N3O. The van der Waals surface area contributed by atoms with Crippen molar-refractivity contribution in [3.8, 4) is 0 Å². The van der Waals surface area contributed by atoms with Gasteiger partial charge in [0.2, 0.25) is 0 Å². The zero-order chi connectivity index (χ0) is 12.9. The van der Waals surface area contributed by atoms with Crippen molar-refractivity contribution >= 4 is 0 Å².